The number of nitrogens with one attached hydrogen (secondary N) is 1. The number of H-pyrrole nitrogens is 1. The lowest BCUT2D eigenvalue weighted by atomic mass is 10.2. The molecule has 0 aliphatic heterocycles. The summed E-state index contributed by atoms with van der Waals surface area (Å²) in [5.74, 6) is 6.40. The van der Waals surface area contributed by atoms with Crippen LogP contribution in [0.5, 0.6) is 0 Å². The number of nitrogens with zero attached hydrogens (tertiary/aromatic N) is 3. The van der Waals surface area contributed by atoms with E-state index >= 15 is 0 Å². The SMILES string of the molecule is CCCc1nc2c(N)nc3ccc(CCCON)nc3c2[nH]1. The molecule has 3 heterocycles. The molecule has 0 aromatic carbocycles. The predicted molar refractivity (Wildman–Crippen MR) is 86.1 cm³/mol. The number of imidazole rings is 1. The van der Waals surface area contributed by atoms with Gasteiger partial charge in [-0.05, 0) is 31.4 Å². The summed E-state index contributed by atoms with van der Waals surface area (Å²) in [7, 11) is 0. The van der Waals surface area contributed by atoms with E-state index in [2.05, 4.69) is 26.7 Å². The fraction of sp³-hybridized carbons (Fsp3) is 0.400. The molecule has 3 aromatic heterocycles. The third-order valence-electron chi connectivity index (χ3n) is 3.59. The Morgan fingerprint density at radius 1 is 1.14 bits per heavy atom. The van der Waals surface area contributed by atoms with Gasteiger partial charge in [0.1, 0.15) is 16.9 Å². The molecule has 3 aromatic rings. The predicted octanol–water partition coefficient (Wildman–Crippen LogP) is 1.86. The van der Waals surface area contributed by atoms with Crippen molar-refractivity contribution in [1.82, 2.24) is 19.9 Å². The van der Waals surface area contributed by atoms with Crippen molar-refractivity contribution in [2.24, 2.45) is 5.90 Å². The minimum atomic E-state index is 0.437. The van der Waals surface area contributed by atoms with Gasteiger partial charge in [-0.15, -0.1) is 0 Å². The van der Waals surface area contributed by atoms with Crippen molar-refractivity contribution in [1.29, 1.82) is 0 Å². The van der Waals surface area contributed by atoms with Crippen molar-refractivity contribution in [3.63, 3.8) is 0 Å². The molecule has 0 saturated carbocycles. The highest BCUT2D eigenvalue weighted by atomic mass is 16.6. The Balaban J connectivity index is 2.08. The van der Waals surface area contributed by atoms with E-state index in [-0.39, 0.29) is 0 Å². The maximum atomic E-state index is 6.02. The van der Waals surface area contributed by atoms with Crippen LogP contribution in [0.1, 0.15) is 31.3 Å². The van der Waals surface area contributed by atoms with Crippen LogP contribution in [0.2, 0.25) is 0 Å². The Morgan fingerprint density at radius 3 is 2.77 bits per heavy atom. The maximum Gasteiger partial charge on any atom is 0.152 e. The molecule has 7 nitrogen and oxygen atoms in total. The minimum absolute atomic E-state index is 0.437. The molecular formula is C15H20N6O. The van der Waals surface area contributed by atoms with Crippen LogP contribution >= 0.6 is 0 Å². The number of aryl methyl sites for hydroxylation is 2. The summed E-state index contributed by atoms with van der Waals surface area (Å²) >= 11 is 0. The summed E-state index contributed by atoms with van der Waals surface area (Å²) in [4.78, 5) is 21.6. The topological polar surface area (TPSA) is 116 Å². The Hall–Kier alpha value is -2.25. The fourth-order valence-corrected chi connectivity index (χ4v) is 2.56. The Kier molecular flexibility index (Phi) is 4.17. The summed E-state index contributed by atoms with van der Waals surface area (Å²) in [6.45, 7) is 2.63. The molecule has 3 rings (SSSR count). The minimum Gasteiger partial charge on any atom is -0.382 e. The van der Waals surface area contributed by atoms with Gasteiger partial charge in [0, 0.05) is 12.1 Å². The smallest absolute Gasteiger partial charge is 0.152 e. The monoisotopic (exact) mass is 300 g/mol. The molecular weight excluding hydrogens is 280 g/mol. The third kappa shape index (κ3) is 2.72. The molecule has 116 valence electrons. The lowest BCUT2D eigenvalue weighted by molar-refractivity contribution is 0.135. The number of fused-ring (bicyclic) bond motifs is 3. The standard InChI is InChI=1S/C15H20N6O/c1-2-4-11-20-13-12-10(19-15(16)14(13)21-11)7-6-9(18-12)5-3-8-22-17/h6-7H,2-5,8,17H2,1H3,(H2,16,19)(H,20,21). The van der Waals surface area contributed by atoms with Gasteiger partial charge in [0.25, 0.3) is 0 Å². The van der Waals surface area contributed by atoms with Crippen LogP contribution in [-0.2, 0) is 17.7 Å². The van der Waals surface area contributed by atoms with Gasteiger partial charge in [0.2, 0.25) is 0 Å². The van der Waals surface area contributed by atoms with Crippen molar-refractivity contribution >= 4 is 27.9 Å². The van der Waals surface area contributed by atoms with Crippen molar-refractivity contribution in [2.45, 2.75) is 32.6 Å². The summed E-state index contributed by atoms with van der Waals surface area (Å²) in [5.41, 5.74) is 10.1. The van der Waals surface area contributed by atoms with Crippen LogP contribution < -0.4 is 11.6 Å². The van der Waals surface area contributed by atoms with Gasteiger partial charge in [-0.1, -0.05) is 6.92 Å². The van der Waals surface area contributed by atoms with E-state index in [1.807, 2.05) is 12.1 Å². The summed E-state index contributed by atoms with van der Waals surface area (Å²) in [6.07, 6.45) is 3.52. The number of nitrogens with two attached hydrogens (primary N) is 2. The molecule has 0 bridgehead atoms. The molecule has 0 fully saturated rings. The summed E-state index contributed by atoms with van der Waals surface area (Å²) in [6, 6.07) is 3.90. The molecule has 7 heteroatoms. The van der Waals surface area contributed by atoms with Gasteiger partial charge in [0.15, 0.2) is 5.82 Å². The van der Waals surface area contributed by atoms with Crippen molar-refractivity contribution < 1.29 is 4.84 Å². The number of pyridine rings is 2. The largest absolute Gasteiger partial charge is 0.382 e. The third-order valence-corrected chi connectivity index (χ3v) is 3.59. The van der Waals surface area contributed by atoms with Crippen LogP contribution in [0.15, 0.2) is 12.1 Å². The van der Waals surface area contributed by atoms with Crippen LogP contribution in [-0.4, -0.2) is 26.5 Å². The van der Waals surface area contributed by atoms with Crippen molar-refractivity contribution in [3.8, 4) is 0 Å². The zero-order valence-corrected chi connectivity index (χ0v) is 12.6. The van der Waals surface area contributed by atoms with Gasteiger partial charge < -0.3 is 15.6 Å². The van der Waals surface area contributed by atoms with E-state index < -0.39 is 0 Å². The average Bonchev–Trinajstić information content (AvgIpc) is 2.93. The molecule has 0 spiro atoms. The van der Waals surface area contributed by atoms with Crippen molar-refractivity contribution in [2.75, 3.05) is 12.3 Å². The number of anilines is 1. The van der Waals surface area contributed by atoms with Crippen molar-refractivity contribution in [3.05, 3.63) is 23.7 Å². The number of rotatable bonds is 6. The number of aromatic amines is 1. The molecule has 0 amide bonds. The number of nitrogen functional groups attached to an aromatic ring is 1. The number of aromatic nitrogens is 4. The highest BCUT2D eigenvalue weighted by Gasteiger charge is 2.13. The summed E-state index contributed by atoms with van der Waals surface area (Å²) in [5, 5.41) is 0. The zero-order chi connectivity index (χ0) is 15.5. The van der Waals surface area contributed by atoms with Crippen LogP contribution in [0.4, 0.5) is 5.82 Å². The molecule has 0 aliphatic carbocycles. The Bertz CT molecular complexity index is 797. The Morgan fingerprint density at radius 2 is 2.00 bits per heavy atom. The first-order chi connectivity index (χ1) is 10.7. The van der Waals surface area contributed by atoms with Gasteiger partial charge in [0.05, 0.1) is 17.6 Å². The normalized spacial score (nSPS) is 11.5. The number of hydrogen-bond acceptors (Lipinski definition) is 6. The second kappa shape index (κ2) is 6.25. The molecule has 0 unspecified atom stereocenters. The van der Waals surface area contributed by atoms with Crippen LogP contribution in [0.3, 0.4) is 0 Å². The molecule has 0 radical (unpaired) electrons. The van der Waals surface area contributed by atoms with E-state index in [9.17, 15) is 0 Å². The van der Waals surface area contributed by atoms with Gasteiger partial charge in [-0.25, -0.2) is 20.8 Å². The van der Waals surface area contributed by atoms with E-state index in [0.717, 1.165) is 53.8 Å². The van der Waals surface area contributed by atoms with E-state index in [4.69, 9.17) is 16.6 Å². The lowest BCUT2D eigenvalue weighted by Crippen LogP contribution is -2.03. The van der Waals surface area contributed by atoms with E-state index in [0.29, 0.717) is 17.9 Å². The first-order valence-electron chi connectivity index (χ1n) is 7.48. The van der Waals surface area contributed by atoms with Gasteiger partial charge >= 0.3 is 0 Å². The van der Waals surface area contributed by atoms with E-state index in [1.165, 1.54) is 0 Å². The quantitative estimate of drug-likeness (QED) is 0.472. The first kappa shape index (κ1) is 14.7. The summed E-state index contributed by atoms with van der Waals surface area (Å²) < 4.78 is 0. The maximum absolute atomic E-state index is 6.02. The highest BCUT2D eigenvalue weighted by molar-refractivity contribution is 6.03. The second-order valence-electron chi connectivity index (χ2n) is 5.30. The molecule has 0 atom stereocenters. The Labute approximate surface area is 128 Å². The first-order valence-corrected chi connectivity index (χ1v) is 7.48. The molecule has 22 heavy (non-hydrogen) atoms. The molecule has 0 aliphatic rings. The van der Waals surface area contributed by atoms with Crippen LogP contribution in [0, 0.1) is 0 Å². The van der Waals surface area contributed by atoms with Gasteiger partial charge in [-0.2, -0.15) is 0 Å². The molecule has 5 N–H and O–H groups in total. The van der Waals surface area contributed by atoms with E-state index in [1.54, 1.807) is 0 Å². The zero-order valence-electron chi connectivity index (χ0n) is 12.6. The fourth-order valence-electron chi connectivity index (χ4n) is 2.56. The molecule has 0 saturated heterocycles. The van der Waals surface area contributed by atoms with Crippen LogP contribution in [0.25, 0.3) is 22.1 Å². The second-order valence-corrected chi connectivity index (χ2v) is 5.30. The highest BCUT2D eigenvalue weighted by Crippen LogP contribution is 2.25. The lowest BCUT2D eigenvalue weighted by Gasteiger charge is -2.04. The average molecular weight is 300 g/mol. The number of hydrogen-bond donors (Lipinski definition) is 3. The van der Waals surface area contributed by atoms with Gasteiger partial charge in [-0.3, -0.25) is 0 Å².